The van der Waals surface area contributed by atoms with E-state index in [4.69, 9.17) is 16.1 Å². The predicted molar refractivity (Wildman–Crippen MR) is 84.6 cm³/mol. The molecule has 1 aromatic heterocycles. The van der Waals surface area contributed by atoms with Crippen LogP contribution in [-0.4, -0.2) is 23.2 Å². The normalized spacial score (nSPS) is 16.1. The second-order valence-electron chi connectivity index (χ2n) is 5.26. The van der Waals surface area contributed by atoms with Gasteiger partial charge in [-0.1, -0.05) is 28.9 Å². The minimum absolute atomic E-state index is 0.453. The van der Waals surface area contributed by atoms with Gasteiger partial charge < -0.3 is 9.84 Å². The fraction of sp³-hybridized carbons (Fsp3) is 0.467. The van der Waals surface area contributed by atoms with E-state index < -0.39 is 0 Å². The zero-order chi connectivity index (χ0) is 14.7. The van der Waals surface area contributed by atoms with E-state index in [1.54, 1.807) is 11.8 Å². The maximum Gasteiger partial charge on any atom is 0.228 e. The number of thioether (sulfide) groups is 1. The molecule has 112 valence electrons. The lowest BCUT2D eigenvalue weighted by Gasteiger charge is -2.11. The molecule has 3 rings (SSSR count). The lowest BCUT2D eigenvalue weighted by atomic mass is 10.1. The van der Waals surface area contributed by atoms with Crippen LogP contribution in [0.25, 0.3) is 0 Å². The van der Waals surface area contributed by atoms with Gasteiger partial charge in [0.15, 0.2) is 5.82 Å². The van der Waals surface area contributed by atoms with Crippen LogP contribution >= 0.6 is 23.4 Å². The van der Waals surface area contributed by atoms with Crippen LogP contribution in [0.3, 0.4) is 0 Å². The Morgan fingerprint density at radius 1 is 1.43 bits per heavy atom. The van der Waals surface area contributed by atoms with Crippen LogP contribution in [-0.2, 0) is 12.2 Å². The molecule has 0 spiro atoms. The van der Waals surface area contributed by atoms with Crippen molar-refractivity contribution in [1.82, 2.24) is 15.5 Å². The van der Waals surface area contributed by atoms with Crippen molar-refractivity contribution in [2.75, 3.05) is 7.05 Å². The second-order valence-corrected chi connectivity index (χ2v) is 6.68. The van der Waals surface area contributed by atoms with Crippen molar-refractivity contribution in [3.8, 4) is 0 Å². The Morgan fingerprint density at radius 3 is 2.95 bits per heavy atom. The topological polar surface area (TPSA) is 51.0 Å². The monoisotopic (exact) mass is 323 g/mol. The van der Waals surface area contributed by atoms with Gasteiger partial charge in [-0.3, -0.25) is 0 Å². The maximum absolute atomic E-state index is 6.13. The first-order valence-corrected chi connectivity index (χ1v) is 8.48. The van der Waals surface area contributed by atoms with Crippen LogP contribution in [0.4, 0.5) is 0 Å². The lowest BCUT2D eigenvalue weighted by molar-refractivity contribution is 0.349. The molecule has 4 nitrogen and oxygen atoms in total. The van der Waals surface area contributed by atoms with E-state index in [2.05, 4.69) is 15.5 Å². The van der Waals surface area contributed by atoms with Gasteiger partial charge in [0.25, 0.3) is 0 Å². The largest absolute Gasteiger partial charge is 0.339 e. The highest BCUT2D eigenvalue weighted by Crippen LogP contribution is 2.34. The maximum atomic E-state index is 6.13. The Morgan fingerprint density at radius 2 is 2.24 bits per heavy atom. The number of rotatable bonds is 7. The lowest BCUT2D eigenvalue weighted by Crippen LogP contribution is -2.29. The summed E-state index contributed by atoms with van der Waals surface area (Å²) in [6.07, 6.45) is 3.41. The Bertz CT molecular complexity index is 600. The summed E-state index contributed by atoms with van der Waals surface area (Å²) in [4.78, 5) is 5.51. The average molecular weight is 324 g/mol. The van der Waals surface area contributed by atoms with Crippen LogP contribution in [0.15, 0.2) is 33.7 Å². The molecule has 1 atom stereocenters. The molecule has 0 aliphatic heterocycles. The Kier molecular flexibility index (Phi) is 4.83. The van der Waals surface area contributed by atoms with E-state index >= 15 is 0 Å². The first-order chi connectivity index (χ1) is 10.3. The Balaban J connectivity index is 1.56. The van der Waals surface area contributed by atoms with Gasteiger partial charge in [0, 0.05) is 17.4 Å². The van der Waals surface area contributed by atoms with E-state index in [1.807, 2.05) is 31.3 Å². The molecule has 1 N–H and O–H groups in total. The van der Waals surface area contributed by atoms with Crippen LogP contribution in [0.5, 0.6) is 0 Å². The van der Waals surface area contributed by atoms with Crippen molar-refractivity contribution in [1.29, 1.82) is 0 Å². The molecule has 1 unspecified atom stereocenters. The number of hydrogen-bond acceptors (Lipinski definition) is 5. The van der Waals surface area contributed by atoms with Gasteiger partial charge in [0.05, 0.1) is 10.8 Å². The van der Waals surface area contributed by atoms with Gasteiger partial charge in [-0.25, -0.2) is 0 Å². The zero-order valence-corrected chi connectivity index (χ0v) is 13.5. The Hall–Kier alpha value is -1.04. The summed E-state index contributed by atoms with van der Waals surface area (Å²) in [5.41, 5.74) is 0. The summed E-state index contributed by atoms with van der Waals surface area (Å²) < 4.78 is 5.35. The van der Waals surface area contributed by atoms with Gasteiger partial charge in [-0.15, -0.1) is 11.8 Å². The molecule has 1 aliphatic carbocycles. The molecule has 1 fully saturated rings. The highest BCUT2D eigenvalue weighted by molar-refractivity contribution is 7.98. The van der Waals surface area contributed by atoms with Gasteiger partial charge in [-0.2, -0.15) is 4.98 Å². The number of nitrogens with zero attached hydrogens (tertiary/aromatic N) is 2. The second kappa shape index (κ2) is 6.81. The van der Waals surface area contributed by atoms with Crippen molar-refractivity contribution >= 4 is 23.4 Å². The third-order valence-electron chi connectivity index (χ3n) is 3.66. The third kappa shape index (κ3) is 3.99. The fourth-order valence-corrected chi connectivity index (χ4v) is 3.41. The van der Waals surface area contributed by atoms with Gasteiger partial charge in [0.2, 0.25) is 5.89 Å². The van der Waals surface area contributed by atoms with Crippen LogP contribution in [0, 0.1) is 5.92 Å². The van der Waals surface area contributed by atoms with Gasteiger partial charge >= 0.3 is 0 Å². The van der Waals surface area contributed by atoms with Crippen molar-refractivity contribution in [3.63, 3.8) is 0 Å². The predicted octanol–water partition coefficient (Wildman–Crippen LogP) is 3.56. The number of benzene rings is 1. The number of halogens is 1. The Labute approximate surface area is 133 Å². The standard InChI is InChI=1S/C15H18ClN3OS/c1-17-12(10-6-7-10)8-15-18-14(19-20-15)9-21-13-5-3-2-4-11(13)16/h2-5,10,12,17H,6-9H2,1H3. The van der Waals surface area contributed by atoms with E-state index in [0.717, 1.165) is 34.0 Å². The van der Waals surface area contributed by atoms with Crippen molar-refractivity contribution in [3.05, 3.63) is 41.0 Å². The molecular weight excluding hydrogens is 306 g/mol. The van der Waals surface area contributed by atoms with Crippen molar-refractivity contribution in [2.45, 2.75) is 36.0 Å². The molecule has 6 heteroatoms. The quantitative estimate of drug-likeness (QED) is 0.790. The van der Waals surface area contributed by atoms with Crippen LogP contribution in [0.2, 0.25) is 5.02 Å². The molecule has 1 heterocycles. The minimum atomic E-state index is 0.453. The van der Waals surface area contributed by atoms with E-state index in [1.165, 1.54) is 12.8 Å². The highest BCUT2D eigenvalue weighted by atomic mass is 35.5. The molecule has 2 aromatic rings. The molecule has 21 heavy (non-hydrogen) atoms. The molecule has 1 aromatic carbocycles. The van der Waals surface area contributed by atoms with E-state index in [9.17, 15) is 0 Å². The summed E-state index contributed by atoms with van der Waals surface area (Å²) in [6, 6.07) is 8.24. The summed E-state index contributed by atoms with van der Waals surface area (Å²) in [5, 5.41) is 8.15. The van der Waals surface area contributed by atoms with Gasteiger partial charge in [0.1, 0.15) is 0 Å². The van der Waals surface area contributed by atoms with Crippen molar-refractivity contribution in [2.24, 2.45) is 5.92 Å². The third-order valence-corrected chi connectivity index (χ3v) is 5.17. The molecule has 1 aliphatic rings. The van der Waals surface area contributed by atoms with Crippen LogP contribution < -0.4 is 5.32 Å². The summed E-state index contributed by atoms with van der Waals surface area (Å²) >= 11 is 7.76. The highest BCUT2D eigenvalue weighted by Gasteiger charge is 2.31. The smallest absolute Gasteiger partial charge is 0.228 e. The van der Waals surface area contributed by atoms with Crippen LogP contribution in [0.1, 0.15) is 24.6 Å². The molecule has 0 saturated heterocycles. The fourth-order valence-electron chi connectivity index (χ4n) is 2.33. The van der Waals surface area contributed by atoms with Crippen molar-refractivity contribution < 1.29 is 4.52 Å². The summed E-state index contributed by atoms with van der Waals surface area (Å²) in [5.74, 6) is 2.88. The minimum Gasteiger partial charge on any atom is -0.339 e. The number of hydrogen-bond donors (Lipinski definition) is 1. The number of aromatic nitrogens is 2. The summed E-state index contributed by atoms with van der Waals surface area (Å²) in [7, 11) is 1.99. The molecule has 0 bridgehead atoms. The summed E-state index contributed by atoms with van der Waals surface area (Å²) in [6.45, 7) is 0. The van der Waals surface area contributed by atoms with E-state index in [-0.39, 0.29) is 0 Å². The average Bonchev–Trinajstić information content (AvgIpc) is 3.24. The molecule has 1 saturated carbocycles. The van der Waals surface area contributed by atoms with E-state index in [0.29, 0.717) is 11.8 Å². The first-order valence-electron chi connectivity index (χ1n) is 7.12. The van der Waals surface area contributed by atoms with Gasteiger partial charge in [-0.05, 0) is 37.9 Å². The number of nitrogens with one attached hydrogen (secondary N) is 1. The zero-order valence-electron chi connectivity index (χ0n) is 11.9. The molecule has 0 radical (unpaired) electrons. The molecular formula is C15H18ClN3OS. The SMILES string of the molecule is CNC(Cc1nc(CSc2ccccc2Cl)no1)C1CC1. The number of likely N-dealkylation sites (N-methyl/N-ethyl adjacent to an activating group) is 1. The molecule has 0 amide bonds. The first kappa shape index (κ1) is 14.9.